The molecule has 1 aliphatic rings. The summed E-state index contributed by atoms with van der Waals surface area (Å²) in [5.41, 5.74) is 16.5. The zero-order valence-corrected chi connectivity index (χ0v) is 9.77. The highest BCUT2D eigenvalue weighted by molar-refractivity contribution is 5.67. The van der Waals surface area contributed by atoms with Gasteiger partial charge in [0.25, 0.3) is 0 Å². The highest BCUT2D eigenvalue weighted by atomic mass is 16.3. The number of phenolic OH excluding ortho intramolecular Hbond substituents is 2. The normalized spacial score (nSPS) is 12.9. The molecule has 4 nitrogen and oxygen atoms in total. The molecule has 0 bridgehead atoms. The summed E-state index contributed by atoms with van der Waals surface area (Å²) in [5, 5.41) is 19.8. The maximum absolute atomic E-state index is 9.91. The van der Waals surface area contributed by atoms with Crippen molar-refractivity contribution < 1.29 is 10.2 Å². The molecular formula is C14H14N2O2. The minimum absolute atomic E-state index is 0.229. The molecule has 0 heterocycles. The topological polar surface area (TPSA) is 92.5 Å². The van der Waals surface area contributed by atoms with Crippen LogP contribution in [0, 0.1) is 0 Å². The third-order valence-electron chi connectivity index (χ3n) is 3.59. The second-order valence-corrected chi connectivity index (χ2v) is 4.62. The van der Waals surface area contributed by atoms with Crippen LogP contribution in [-0.2, 0) is 12.8 Å². The molecular weight excluding hydrogens is 228 g/mol. The van der Waals surface area contributed by atoms with Gasteiger partial charge in [-0.1, -0.05) is 0 Å². The van der Waals surface area contributed by atoms with Crippen molar-refractivity contribution >= 4 is 11.4 Å². The maximum atomic E-state index is 9.91. The lowest BCUT2D eigenvalue weighted by Crippen LogP contribution is -2.12. The molecule has 0 amide bonds. The highest BCUT2D eigenvalue weighted by Crippen LogP contribution is 2.40. The van der Waals surface area contributed by atoms with E-state index in [9.17, 15) is 10.2 Å². The predicted octanol–water partition coefficient (Wildman–Crippen LogP) is 1.76. The molecule has 4 heteroatoms. The minimum Gasteiger partial charge on any atom is -0.508 e. The van der Waals surface area contributed by atoms with Gasteiger partial charge in [0.15, 0.2) is 0 Å². The standard InChI is InChI=1S/C14H14N2O2/c15-11-1-3-13(17)9-6-8-10(5-7(9)11)14(18)4-2-12(8)16/h1-4,17-18H,5-6,15-16H2. The first-order valence-corrected chi connectivity index (χ1v) is 5.76. The van der Waals surface area contributed by atoms with Gasteiger partial charge in [-0.2, -0.15) is 0 Å². The Kier molecular flexibility index (Phi) is 2.13. The van der Waals surface area contributed by atoms with E-state index in [0.29, 0.717) is 24.2 Å². The second kappa shape index (κ2) is 3.57. The minimum atomic E-state index is 0.229. The van der Waals surface area contributed by atoms with Crippen molar-refractivity contribution in [3.63, 3.8) is 0 Å². The Morgan fingerprint density at radius 1 is 0.667 bits per heavy atom. The Morgan fingerprint density at radius 3 is 1.44 bits per heavy atom. The molecule has 0 unspecified atom stereocenters. The lowest BCUT2D eigenvalue weighted by Gasteiger charge is -2.24. The van der Waals surface area contributed by atoms with Gasteiger partial charge in [0, 0.05) is 35.3 Å². The molecule has 0 aliphatic heterocycles. The van der Waals surface area contributed by atoms with Crippen LogP contribution in [0.4, 0.5) is 11.4 Å². The van der Waals surface area contributed by atoms with E-state index < -0.39 is 0 Å². The number of fused-ring (bicyclic) bond motifs is 2. The lowest BCUT2D eigenvalue weighted by molar-refractivity contribution is 0.462. The summed E-state index contributed by atoms with van der Waals surface area (Å²) in [6, 6.07) is 6.56. The number of phenols is 2. The number of nitrogen functional groups attached to an aromatic ring is 2. The third kappa shape index (κ3) is 1.39. The van der Waals surface area contributed by atoms with E-state index in [1.54, 1.807) is 24.3 Å². The number of nitrogens with two attached hydrogens (primary N) is 2. The van der Waals surface area contributed by atoms with Gasteiger partial charge >= 0.3 is 0 Å². The third-order valence-corrected chi connectivity index (χ3v) is 3.59. The molecule has 6 N–H and O–H groups in total. The van der Waals surface area contributed by atoms with Gasteiger partial charge in [-0.15, -0.1) is 0 Å². The molecule has 0 atom stereocenters. The number of rotatable bonds is 0. The summed E-state index contributed by atoms with van der Waals surface area (Å²) < 4.78 is 0. The van der Waals surface area contributed by atoms with E-state index in [1.165, 1.54) is 0 Å². The van der Waals surface area contributed by atoms with Crippen LogP contribution in [0.25, 0.3) is 0 Å². The van der Waals surface area contributed by atoms with Crippen LogP contribution >= 0.6 is 0 Å². The zero-order chi connectivity index (χ0) is 12.9. The molecule has 3 rings (SSSR count). The van der Waals surface area contributed by atoms with Crippen LogP contribution in [0.5, 0.6) is 11.5 Å². The van der Waals surface area contributed by atoms with Gasteiger partial charge in [-0.05, 0) is 35.4 Å². The van der Waals surface area contributed by atoms with Crippen molar-refractivity contribution in [2.24, 2.45) is 0 Å². The summed E-state index contributed by atoms with van der Waals surface area (Å²) in [7, 11) is 0. The van der Waals surface area contributed by atoms with Gasteiger partial charge in [-0.25, -0.2) is 0 Å². The van der Waals surface area contributed by atoms with Gasteiger partial charge in [0.1, 0.15) is 11.5 Å². The molecule has 92 valence electrons. The Balaban J connectivity index is 2.24. The summed E-state index contributed by atoms with van der Waals surface area (Å²) >= 11 is 0. The van der Waals surface area contributed by atoms with Crippen LogP contribution in [0.15, 0.2) is 24.3 Å². The van der Waals surface area contributed by atoms with Crippen LogP contribution in [0.1, 0.15) is 22.3 Å². The van der Waals surface area contributed by atoms with E-state index in [4.69, 9.17) is 11.5 Å². The molecule has 2 aromatic carbocycles. The Bertz CT molecular complexity index is 539. The van der Waals surface area contributed by atoms with Crippen LogP contribution in [0.3, 0.4) is 0 Å². The van der Waals surface area contributed by atoms with Crippen molar-refractivity contribution in [1.29, 1.82) is 0 Å². The van der Waals surface area contributed by atoms with Gasteiger partial charge in [-0.3, -0.25) is 0 Å². The lowest BCUT2D eigenvalue weighted by atomic mass is 9.83. The second-order valence-electron chi connectivity index (χ2n) is 4.62. The van der Waals surface area contributed by atoms with Gasteiger partial charge < -0.3 is 21.7 Å². The van der Waals surface area contributed by atoms with Crippen molar-refractivity contribution in [3.8, 4) is 11.5 Å². The monoisotopic (exact) mass is 242 g/mol. The smallest absolute Gasteiger partial charge is 0.119 e. The van der Waals surface area contributed by atoms with E-state index in [-0.39, 0.29) is 11.5 Å². The van der Waals surface area contributed by atoms with Crippen LogP contribution < -0.4 is 11.5 Å². The van der Waals surface area contributed by atoms with Crippen LogP contribution in [0.2, 0.25) is 0 Å². The van der Waals surface area contributed by atoms with Crippen LogP contribution in [-0.4, -0.2) is 10.2 Å². The predicted molar refractivity (Wildman–Crippen MR) is 70.7 cm³/mol. The first-order valence-electron chi connectivity index (χ1n) is 5.76. The van der Waals surface area contributed by atoms with E-state index in [0.717, 1.165) is 22.3 Å². The van der Waals surface area contributed by atoms with E-state index in [2.05, 4.69) is 0 Å². The SMILES string of the molecule is Nc1ccc(O)c2c1Cc1c(O)ccc(N)c1C2. The average Bonchev–Trinajstić information content (AvgIpc) is 2.37. The number of anilines is 2. The quantitative estimate of drug-likeness (QED) is 0.357. The molecule has 0 spiro atoms. The fraction of sp³-hybridized carbons (Fsp3) is 0.143. The summed E-state index contributed by atoms with van der Waals surface area (Å²) in [4.78, 5) is 0. The molecule has 0 saturated carbocycles. The first kappa shape index (κ1) is 10.8. The van der Waals surface area contributed by atoms with E-state index in [1.807, 2.05) is 0 Å². The zero-order valence-electron chi connectivity index (χ0n) is 9.77. The highest BCUT2D eigenvalue weighted by Gasteiger charge is 2.23. The average molecular weight is 242 g/mol. The summed E-state index contributed by atoms with van der Waals surface area (Å²) in [5.74, 6) is 0.459. The molecule has 2 aromatic rings. The van der Waals surface area contributed by atoms with Gasteiger partial charge in [0.05, 0.1) is 0 Å². The molecule has 18 heavy (non-hydrogen) atoms. The van der Waals surface area contributed by atoms with Crippen molar-refractivity contribution in [2.45, 2.75) is 12.8 Å². The molecule has 0 saturated heterocycles. The fourth-order valence-electron chi connectivity index (χ4n) is 2.56. The molecule has 0 radical (unpaired) electrons. The largest absolute Gasteiger partial charge is 0.508 e. The molecule has 0 fully saturated rings. The number of aromatic hydroxyl groups is 2. The Hall–Kier alpha value is -2.36. The summed E-state index contributed by atoms with van der Waals surface area (Å²) in [6.07, 6.45) is 1.00. The maximum Gasteiger partial charge on any atom is 0.119 e. The fourth-order valence-corrected chi connectivity index (χ4v) is 2.56. The van der Waals surface area contributed by atoms with Crippen molar-refractivity contribution in [2.75, 3.05) is 11.5 Å². The number of hydrogen-bond acceptors (Lipinski definition) is 4. The Morgan fingerprint density at radius 2 is 1.06 bits per heavy atom. The van der Waals surface area contributed by atoms with Crippen molar-refractivity contribution in [1.82, 2.24) is 0 Å². The molecule has 1 aliphatic carbocycles. The van der Waals surface area contributed by atoms with Gasteiger partial charge in [0.2, 0.25) is 0 Å². The number of benzene rings is 2. The Labute approximate surface area is 104 Å². The number of hydrogen-bond donors (Lipinski definition) is 4. The summed E-state index contributed by atoms with van der Waals surface area (Å²) in [6.45, 7) is 0. The first-order chi connectivity index (χ1) is 8.58. The molecule has 0 aromatic heterocycles. The van der Waals surface area contributed by atoms with E-state index >= 15 is 0 Å². The van der Waals surface area contributed by atoms with Crippen molar-refractivity contribution in [3.05, 3.63) is 46.5 Å².